The van der Waals surface area contributed by atoms with Crippen LogP contribution in [0.15, 0.2) is 81.5 Å². The predicted molar refractivity (Wildman–Crippen MR) is 128 cm³/mol. The van der Waals surface area contributed by atoms with Crippen LogP contribution in [0.5, 0.6) is 5.75 Å². The van der Waals surface area contributed by atoms with Crippen LogP contribution in [0.1, 0.15) is 34.3 Å². The number of amidine groups is 1. The van der Waals surface area contributed by atoms with Gasteiger partial charge in [0.25, 0.3) is 5.91 Å². The maximum atomic E-state index is 13.8. The van der Waals surface area contributed by atoms with Gasteiger partial charge in [-0.1, -0.05) is 42.1 Å². The third-order valence-electron chi connectivity index (χ3n) is 5.88. The van der Waals surface area contributed by atoms with Crippen molar-refractivity contribution in [1.29, 1.82) is 0 Å². The third kappa shape index (κ3) is 4.73. The molecule has 0 radical (unpaired) electrons. The van der Waals surface area contributed by atoms with Crippen molar-refractivity contribution >= 4 is 29.2 Å². The van der Waals surface area contributed by atoms with E-state index in [4.69, 9.17) is 4.99 Å². The monoisotopic (exact) mass is 461 g/mol. The summed E-state index contributed by atoms with van der Waals surface area (Å²) in [5.74, 6) is 0.797. The van der Waals surface area contributed by atoms with E-state index >= 15 is 0 Å². The number of hydrogen-bond acceptors (Lipinski definition) is 5. The third-order valence-corrected chi connectivity index (χ3v) is 7.02. The summed E-state index contributed by atoms with van der Waals surface area (Å²) in [6, 6.07) is 20.5. The Kier molecular flexibility index (Phi) is 6.05. The summed E-state index contributed by atoms with van der Waals surface area (Å²) in [7, 11) is 0. The zero-order chi connectivity index (χ0) is 22.8. The predicted octanol–water partition coefficient (Wildman–Crippen LogP) is 5.30. The van der Waals surface area contributed by atoms with Crippen LogP contribution in [0.25, 0.3) is 0 Å². The highest BCUT2D eigenvalue weighted by Crippen LogP contribution is 2.41. The molecule has 0 bridgehead atoms. The maximum absolute atomic E-state index is 13.8. The minimum absolute atomic E-state index is 0.169. The fourth-order valence-electron chi connectivity index (χ4n) is 4.12. The topological polar surface area (TPSA) is 64.9 Å². The van der Waals surface area contributed by atoms with E-state index in [0.29, 0.717) is 38.0 Å². The summed E-state index contributed by atoms with van der Waals surface area (Å²) in [4.78, 5) is 22.0. The molecule has 3 aromatic rings. The molecule has 0 aromatic heterocycles. The van der Waals surface area contributed by atoms with Gasteiger partial charge in [0, 0.05) is 40.6 Å². The van der Waals surface area contributed by atoms with Gasteiger partial charge >= 0.3 is 0 Å². The SMILES string of the molecule is O=C(NCc1cccc(O)c1)c1ccc2c(c1)N=C(N1CCC(F)CC1)c1ccccc1S2. The number of phenols is 1. The zero-order valence-electron chi connectivity index (χ0n) is 18.0. The minimum Gasteiger partial charge on any atom is -0.508 e. The molecule has 1 saturated heterocycles. The van der Waals surface area contributed by atoms with Crippen LogP contribution >= 0.6 is 11.8 Å². The molecule has 0 unspecified atom stereocenters. The van der Waals surface area contributed by atoms with Crippen LogP contribution in [0.2, 0.25) is 0 Å². The highest BCUT2D eigenvalue weighted by Gasteiger charge is 2.26. The molecule has 5 nitrogen and oxygen atoms in total. The highest BCUT2D eigenvalue weighted by atomic mass is 32.2. The minimum atomic E-state index is -0.758. The van der Waals surface area contributed by atoms with Crippen molar-refractivity contribution in [1.82, 2.24) is 10.2 Å². The van der Waals surface area contributed by atoms with E-state index in [2.05, 4.69) is 22.3 Å². The van der Waals surface area contributed by atoms with Crippen molar-refractivity contribution in [2.75, 3.05) is 13.1 Å². The Morgan fingerprint density at radius 1 is 1.06 bits per heavy atom. The van der Waals surface area contributed by atoms with Crippen LogP contribution in [0.4, 0.5) is 10.1 Å². The molecular weight excluding hydrogens is 437 g/mol. The molecule has 1 amide bonds. The number of amides is 1. The Morgan fingerprint density at radius 3 is 2.70 bits per heavy atom. The van der Waals surface area contributed by atoms with Gasteiger partial charge in [-0.15, -0.1) is 0 Å². The first-order valence-electron chi connectivity index (χ1n) is 11.0. The number of hydrogen-bond donors (Lipinski definition) is 2. The average Bonchev–Trinajstić information content (AvgIpc) is 2.99. The number of carbonyl (C=O) groups is 1. The summed E-state index contributed by atoms with van der Waals surface area (Å²) in [6.45, 7) is 1.56. The molecule has 0 atom stereocenters. The Hall–Kier alpha value is -3.32. The van der Waals surface area contributed by atoms with E-state index in [0.717, 1.165) is 32.4 Å². The molecular formula is C26H24FN3O2S. The number of piperidine rings is 1. The lowest BCUT2D eigenvalue weighted by Crippen LogP contribution is -2.39. The summed E-state index contributed by atoms with van der Waals surface area (Å²) >= 11 is 1.63. The van der Waals surface area contributed by atoms with Crippen LogP contribution in [-0.2, 0) is 6.54 Å². The van der Waals surface area contributed by atoms with Crippen molar-refractivity contribution in [3.8, 4) is 5.75 Å². The number of alkyl halides is 1. The Labute approximate surface area is 196 Å². The number of halogens is 1. The van der Waals surface area contributed by atoms with Crippen LogP contribution in [0, 0.1) is 0 Å². The molecule has 33 heavy (non-hydrogen) atoms. The fraction of sp³-hybridized carbons (Fsp3) is 0.231. The number of nitrogens with one attached hydrogen (secondary N) is 1. The van der Waals surface area contributed by atoms with Crippen molar-refractivity contribution in [2.24, 2.45) is 4.99 Å². The first-order chi connectivity index (χ1) is 16.1. The van der Waals surface area contributed by atoms with Crippen molar-refractivity contribution in [3.05, 3.63) is 83.4 Å². The highest BCUT2D eigenvalue weighted by molar-refractivity contribution is 7.99. The zero-order valence-corrected chi connectivity index (χ0v) is 18.8. The van der Waals surface area contributed by atoms with E-state index in [9.17, 15) is 14.3 Å². The van der Waals surface area contributed by atoms with Gasteiger partial charge in [0.2, 0.25) is 0 Å². The molecule has 3 aromatic carbocycles. The second-order valence-corrected chi connectivity index (χ2v) is 9.31. The average molecular weight is 462 g/mol. The molecule has 168 valence electrons. The number of benzene rings is 3. The van der Waals surface area contributed by atoms with Gasteiger partial charge < -0.3 is 15.3 Å². The summed E-state index contributed by atoms with van der Waals surface area (Å²) in [5.41, 5.74) is 3.11. The quantitative estimate of drug-likeness (QED) is 0.556. The molecule has 0 spiro atoms. The number of phenolic OH excluding ortho intramolecular Hbond substituents is 1. The maximum Gasteiger partial charge on any atom is 0.251 e. The number of aromatic hydroxyl groups is 1. The lowest BCUT2D eigenvalue weighted by molar-refractivity contribution is 0.0950. The normalized spacial score (nSPS) is 15.8. The number of fused-ring (bicyclic) bond motifs is 2. The molecule has 2 aliphatic rings. The van der Waals surface area contributed by atoms with E-state index < -0.39 is 6.17 Å². The van der Waals surface area contributed by atoms with E-state index in [1.807, 2.05) is 30.3 Å². The van der Waals surface area contributed by atoms with Crippen LogP contribution in [-0.4, -0.2) is 41.0 Å². The number of aliphatic imine (C=N–C) groups is 1. The second-order valence-electron chi connectivity index (χ2n) is 8.23. The molecule has 2 heterocycles. The van der Waals surface area contributed by atoms with Crippen molar-refractivity contribution < 1.29 is 14.3 Å². The fourth-order valence-corrected chi connectivity index (χ4v) is 5.12. The van der Waals surface area contributed by atoms with Gasteiger partial charge in [0.15, 0.2) is 0 Å². The number of rotatable bonds is 3. The van der Waals surface area contributed by atoms with E-state index in [-0.39, 0.29) is 11.7 Å². The molecule has 0 saturated carbocycles. The van der Waals surface area contributed by atoms with Gasteiger partial charge in [-0.3, -0.25) is 4.79 Å². The summed E-state index contributed by atoms with van der Waals surface area (Å²) < 4.78 is 13.8. The first-order valence-corrected chi connectivity index (χ1v) is 11.8. The largest absolute Gasteiger partial charge is 0.508 e. The molecule has 5 rings (SSSR count). The van der Waals surface area contributed by atoms with E-state index in [1.54, 1.807) is 36.0 Å². The summed E-state index contributed by atoms with van der Waals surface area (Å²) in [5, 5.41) is 12.5. The lowest BCUT2D eigenvalue weighted by atomic mass is 10.1. The molecule has 7 heteroatoms. The molecule has 0 aliphatic carbocycles. The Bertz CT molecular complexity index is 1220. The van der Waals surface area contributed by atoms with Crippen LogP contribution < -0.4 is 5.32 Å². The summed E-state index contributed by atoms with van der Waals surface area (Å²) in [6.07, 6.45) is 0.239. The molecule has 2 N–H and O–H groups in total. The Morgan fingerprint density at radius 2 is 1.88 bits per heavy atom. The van der Waals surface area contributed by atoms with E-state index in [1.165, 1.54) is 0 Å². The Balaban J connectivity index is 1.44. The lowest BCUT2D eigenvalue weighted by Gasteiger charge is -2.31. The number of carbonyl (C=O) groups excluding carboxylic acids is 1. The van der Waals surface area contributed by atoms with Crippen molar-refractivity contribution in [2.45, 2.75) is 35.3 Å². The second kappa shape index (κ2) is 9.27. The molecule has 1 fully saturated rings. The van der Waals surface area contributed by atoms with Gasteiger partial charge in [-0.2, -0.15) is 0 Å². The van der Waals surface area contributed by atoms with Gasteiger partial charge in [-0.05, 0) is 54.8 Å². The van der Waals surface area contributed by atoms with Gasteiger partial charge in [0.05, 0.1) is 5.69 Å². The smallest absolute Gasteiger partial charge is 0.251 e. The van der Waals surface area contributed by atoms with Crippen molar-refractivity contribution in [3.63, 3.8) is 0 Å². The van der Waals surface area contributed by atoms with Crippen LogP contribution in [0.3, 0.4) is 0 Å². The first kappa shape index (κ1) is 21.5. The standard InChI is InChI=1S/C26H24FN3O2S/c27-19-10-12-30(13-11-19)25-21-6-1-2-7-23(21)33-24-9-8-18(15-22(24)29-25)26(32)28-16-17-4-3-5-20(31)14-17/h1-9,14-15,19,31H,10-13,16H2,(H,28,32). The van der Waals surface area contributed by atoms with Gasteiger partial charge in [-0.25, -0.2) is 9.38 Å². The number of nitrogens with zero attached hydrogens (tertiary/aromatic N) is 2. The van der Waals surface area contributed by atoms with Gasteiger partial charge in [0.1, 0.15) is 17.8 Å². The molecule has 2 aliphatic heterocycles. The number of likely N-dealkylation sites (tertiary alicyclic amines) is 1.